The van der Waals surface area contributed by atoms with Gasteiger partial charge >= 0.3 is 0 Å². The van der Waals surface area contributed by atoms with Gasteiger partial charge in [0.15, 0.2) is 11.6 Å². The summed E-state index contributed by atoms with van der Waals surface area (Å²) in [6.07, 6.45) is 0. The van der Waals surface area contributed by atoms with Crippen LogP contribution in [-0.2, 0) is 6.54 Å². The molecule has 0 unspecified atom stereocenters. The summed E-state index contributed by atoms with van der Waals surface area (Å²) in [5, 5.41) is 2.69. The van der Waals surface area contributed by atoms with Crippen molar-refractivity contribution in [3.63, 3.8) is 0 Å². The maximum atomic E-state index is 13.0. The normalized spacial score (nSPS) is 10.6. The van der Waals surface area contributed by atoms with Crippen molar-refractivity contribution in [2.75, 3.05) is 6.54 Å². The molecular weight excluding hydrogens is 262 g/mol. The molecule has 0 saturated carbocycles. The molecule has 106 valence electrons. The van der Waals surface area contributed by atoms with Crippen molar-refractivity contribution in [1.82, 2.24) is 9.88 Å². The van der Waals surface area contributed by atoms with Gasteiger partial charge in [0.05, 0.1) is 0 Å². The molecule has 20 heavy (non-hydrogen) atoms. The molecule has 1 aromatic carbocycles. The van der Waals surface area contributed by atoms with Crippen LogP contribution in [-0.4, -0.2) is 17.0 Å². The molecule has 1 amide bonds. The topological polar surface area (TPSA) is 34.0 Å². The predicted molar refractivity (Wildman–Crippen MR) is 72.6 cm³/mol. The Morgan fingerprint density at radius 3 is 2.35 bits per heavy atom. The molecule has 0 aliphatic rings. The number of rotatable bonds is 4. The van der Waals surface area contributed by atoms with Crippen molar-refractivity contribution >= 4 is 5.91 Å². The van der Waals surface area contributed by atoms with Crippen LogP contribution in [0.4, 0.5) is 8.78 Å². The molecule has 0 aliphatic carbocycles. The Bertz CT molecular complexity index is 615. The summed E-state index contributed by atoms with van der Waals surface area (Å²) in [6.45, 7) is 5.04. The lowest BCUT2D eigenvalue weighted by molar-refractivity contribution is 0.0951. The molecule has 0 radical (unpaired) electrons. The fraction of sp³-hybridized carbons (Fsp3) is 0.267. The van der Waals surface area contributed by atoms with Crippen LogP contribution in [0, 0.1) is 25.5 Å². The quantitative estimate of drug-likeness (QED) is 0.916. The maximum Gasteiger partial charge on any atom is 0.251 e. The van der Waals surface area contributed by atoms with Crippen LogP contribution in [0.25, 0.3) is 0 Å². The van der Waals surface area contributed by atoms with Gasteiger partial charge in [0.1, 0.15) is 0 Å². The second-order valence-corrected chi connectivity index (χ2v) is 4.65. The van der Waals surface area contributed by atoms with Gasteiger partial charge in [-0.25, -0.2) is 8.78 Å². The second-order valence-electron chi connectivity index (χ2n) is 4.65. The van der Waals surface area contributed by atoms with Crippen LogP contribution >= 0.6 is 0 Å². The minimum absolute atomic E-state index is 0.116. The number of hydrogen-bond donors (Lipinski definition) is 1. The van der Waals surface area contributed by atoms with Gasteiger partial charge in [-0.1, -0.05) is 0 Å². The first-order valence-electron chi connectivity index (χ1n) is 6.35. The first-order chi connectivity index (χ1) is 9.49. The Labute approximate surface area is 116 Å². The first-order valence-corrected chi connectivity index (χ1v) is 6.35. The van der Waals surface area contributed by atoms with E-state index in [4.69, 9.17) is 0 Å². The van der Waals surface area contributed by atoms with Gasteiger partial charge in [0.25, 0.3) is 5.91 Å². The van der Waals surface area contributed by atoms with Crippen molar-refractivity contribution in [3.05, 3.63) is 58.9 Å². The lowest BCUT2D eigenvalue weighted by atomic mass is 10.2. The zero-order chi connectivity index (χ0) is 14.7. The van der Waals surface area contributed by atoms with Crippen molar-refractivity contribution < 1.29 is 13.6 Å². The third-order valence-electron chi connectivity index (χ3n) is 3.22. The van der Waals surface area contributed by atoms with Crippen molar-refractivity contribution in [2.24, 2.45) is 0 Å². The molecule has 2 rings (SSSR count). The highest BCUT2D eigenvalue weighted by Gasteiger charge is 2.09. The smallest absolute Gasteiger partial charge is 0.251 e. The minimum Gasteiger partial charge on any atom is -0.350 e. The highest BCUT2D eigenvalue weighted by atomic mass is 19.2. The van der Waals surface area contributed by atoms with E-state index in [1.807, 2.05) is 26.0 Å². The monoisotopic (exact) mass is 278 g/mol. The molecular formula is C15H16F2N2O. The molecule has 0 aliphatic heterocycles. The molecule has 1 heterocycles. The van der Waals surface area contributed by atoms with E-state index in [-0.39, 0.29) is 5.56 Å². The first kappa shape index (κ1) is 14.2. The van der Waals surface area contributed by atoms with Crippen LogP contribution in [0.2, 0.25) is 0 Å². The van der Waals surface area contributed by atoms with E-state index >= 15 is 0 Å². The summed E-state index contributed by atoms with van der Waals surface area (Å²) in [7, 11) is 0. The average Bonchev–Trinajstić information content (AvgIpc) is 2.73. The Balaban J connectivity index is 1.94. The minimum atomic E-state index is -1.02. The second kappa shape index (κ2) is 5.86. The number of halogens is 2. The number of nitrogens with zero attached hydrogens (tertiary/aromatic N) is 1. The van der Waals surface area contributed by atoms with Gasteiger partial charge in [-0.2, -0.15) is 0 Å². The number of hydrogen-bond acceptors (Lipinski definition) is 1. The third kappa shape index (κ3) is 3.04. The van der Waals surface area contributed by atoms with Gasteiger partial charge in [0.2, 0.25) is 0 Å². The molecule has 0 spiro atoms. The van der Waals surface area contributed by atoms with Gasteiger partial charge < -0.3 is 9.88 Å². The summed E-state index contributed by atoms with van der Waals surface area (Å²) in [4.78, 5) is 11.8. The summed E-state index contributed by atoms with van der Waals surface area (Å²) >= 11 is 0. The van der Waals surface area contributed by atoms with E-state index in [1.54, 1.807) is 0 Å². The fourth-order valence-electron chi connectivity index (χ4n) is 2.07. The Hall–Kier alpha value is -2.17. The zero-order valence-corrected chi connectivity index (χ0v) is 11.4. The van der Waals surface area contributed by atoms with Gasteiger partial charge in [0, 0.05) is 30.0 Å². The highest BCUT2D eigenvalue weighted by molar-refractivity contribution is 5.94. The number of amides is 1. The van der Waals surface area contributed by atoms with Gasteiger partial charge in [-0.3, -0.25) is 4.79 Å². The van der Waals surface area contributed by atoms with E-state index < -0.39 is 17.5 Å². The Kier molecular flexibility index (Phi) is 4.17. The fourth-order valence-corrected chi connectivity index (χ4v) is 2.07. The molecule has 0 saturated heterocycles. The Morgan fingerprint density at radius 2 is 1.75 bits per heavy atom. The number of carbonyl (C=O) groups is 1. The zero-order valence-electron chi connectivity index (χ0n) is 11.4. The lowest BCUT2D eigenvalue weighted by Crippen LogP contribution is -2.27. The SMILES string of the molecule is Cc1ccc(C)n1CCNC(=O)c1ccc(F)c(F)c1. The van der Waals surface area contributed by atoms with Crippen LogP contribution in [0.3, 0.4) is 0 Å². The summed E-state index contributed by atoms with van der Waals surface area (Å²) in [5.74, 6) is -2.39. The van der Waals surface area contributed by atoms with Gasteiger partial charge in [-0.15, -0.1) is 0 Å². The van der Waals surface area contributed by atoms with Crippen LogP contribution in [0.15, 0.2) is 30.3 Å². The largest absolute Gasteiger partial charge is 0.350 e. The van der Waals surface area contributed by atoms with E-state index in [0.29, 0.717) is 13.1 Å². The summed E-state index contributed by atoms with van der Waals surface area (Å²) in [6, 6.07) is 7.13. The molecule has 2 aromatic rings. The van der Waals surface area contributed by atoms with E-state index in [0.717, 1.165) is 23.5 Å². The molecule has 5 heteroatoms. The van der Waals surface area contributed by atoms with E-state index in [1.165, 1.54) is 6.07 Å². The van der Waals surface area contributed by atoms with Gasteiger partial charge in [-0.05, 0) is 44.2 Å². The van der Waals surface area contributed by atoms with Crippen LogP contribution < -0.4 is 5.32 Å². The number of benzene rings is 1. The number of nitrogens with one attached hydrogen (secondary N) is 1. The van der Waals surface area contributed by atoms with E-state index in [2.05, 4.69) is 9.88 Å². The Morgan fingerprint density at radius 1 is 1.10 bits per heavy atom. The standard InChI is InChI=1S/C15H16F2N2O/c1-10-3-4-11(2)19(10)8-7-18-15(20)12-5-6-13(16)14(17)9-12/h3-6,9H,7-8H2,1-2H3,(H,18,20). The average molecular weight is 278 g/mol. The predicted octanol–water partition coefficient (Wildman–Crippen LogP) is 2.81. The summed E-state index contributed by atoms with van der Waals surface area (Å²) in [5.41, 5.74) is 2.35. The van der Waals surface area contributed by atoms with Crippen LogP contribution in [0.1, 0.15) is 21.7 Å². The number of aryl methyl sites for hydroxylation is 2. The van der Waals surface area contributed by atoms with Crippen molar-refractivity contribution in [2.45, 2.75) is 20.4 Å². The molecule has 1 aromatic heterocycles. The molecule has 0 bridgehead atoms. The number of aromatic nitrogens is 1. The lowest BCUT2D eigenvalue weighted by Gasteiger charge is -2.10. The number of carbonyl (C=O) groups excluding carboxylic acids is 1. The maximum absolute atomic E-state index is 13.0. The highest BCUT2D eigenvalue weighted by Crippen LogP contribution is 2.09. The van der Waals surface area contributed by atoms with Crippen LogP contribution in [0.5, 0.6) is 0 Å². The molecule has 3 nitrogen and oxygen atoms in total. The van der Waals surface area contributed by atoms with E-state index in [9.17, 15) is 13.6 Å². The molecule has 1 N–H and O–H groups in total. The van der Waals surface area contributed by atoms with Crippen molar-refractivity contribution in [1.29, 1.82) is 0 Å². The molecule has 0 fully saturated rings. The summed E-state index contributed by atoms with van der Waals surface area (Å²) < 4.78 is 27.9. The van der Waals surface area contributed by atoms with Crippen molar-refractivity contribution in [3.8, 4) is 0 Å². The molecule has 0 atom stereocenters. The third-order valence-corrected chi connectivity index (χ3v) is 3.22.